The van der Waals surface area contributed by atoms with Crippen LogP contribution in [0.3, 0.4) is 0 Å². The number of ether oxygens (including phenoxy) is 1. The molecule has 0 aromatic carbocycles. The molecule has 1 aliphatic carbocycles. The Bertz CT molecular complexity index is 387. The van der Waals surface area contributed by atoms with Crippen LogP contribution in [0.2, 0.25) is 0 Å². The molecule has 18 heavy (non-hydrogen) atoms. The minimum atomic E-state index is -0.489. The quantitative estimate of drug-likeness (QED) is 0.460. The molecule has 1 saturated carbocycles. The van der Waals surface area contributed by atoms with Crippen molar-refractivity contribution in [3.05, 3.63) is 16.3 Å². The van der Waals surface area contributed by atoms with E-state index < -0.39 is 4.92 Å². The van der Waals surface area contributed by atoms with Crippen molar-refractivity contribution >= 4 is 11.5 Å². The van der Waals surface area contributed by atoms with E-state index in [1.165, 1.54) is 25.5 Å². The molecule has 1 aliphatic rings. The predicted octanol–water partition coefficient (Wildman–Crippen LogP) is 2.08. The number of anilines is 1. The van der Waals surface area contributed by atoms with Gasteiger partial charge in [-0.25, -0.2) is 0 Å². The number of aromatic nitrogens is 2. The number of hydrogen-bond donors (Lipinski definition) is 2. The van der Waals surface area contributed by atoms with Gasteiger partial charge in [-0.3, -0.25) is 0 Å². The van der Waals surface area contributed by atoms with Gasteiger partial charge in [-0.1, -0.05) is 24.4 Å². The van der Waals surface area contributed by atoms with Crippen LogP contribution in [-0.4, -0.2) is 34.4 Å². The Kier molecular flexibility index (Phi) is 4.52. The van der Waals surface area contributed by atoms with Gasteiger partial charge in [-0.2, -0.15) is 0 Å². The molecule has 100 valence electrons. The zero-order chi connectivity index (χ0) is 12.8. The van der Waals surface area contributed by atoms with Gasteiger partial charge in [0, 0.05) is 6.54 Å². The minimum absolute atomic E-state index is 0.104. The molecule has 0 amide bonds. The number of nitrogens with zero attached hydrogens (tertiary/aromatic N) is 2. The lowest BCUT2D eigenvalue weighted by molar-refractivity contribution is -0.388. The van der Waals surface area contributed by atoms with Crippen molar-refractivity contribution in [2.45, 2.75) is 38.2 Å². The molecule has 0 spiro atoms. The number of hydrogen-bond acceptors (Lipinski definition) is 5. The van der Waals surface area contributed by atoms with Crippen LogP contribution in [0.5, 0.6) is 0 Å². The molecule has 2 rings (SSSR count). The van der Waals surface area contributed by atoms with E-state index in [1.807, 2.05) is 0 Å². The van der Waals surface area contributed by atoms with Crippen LogP contribution < -0.4 is 5.32 Å². The second kappa shape index (κ2) is 6.34. The Balaban J connectivity index is 1.68. The second-order valence-electron chi connectivity index (χ2n) is 4.45. The molecule has 0 radical (unpaired) electrons. The summed E-state index contributed by atoms with van der Waals surface area (Å²) in [6.45, 7) is 1.11. The van der Waals surface area contributed by atoms with Crippen LogP contribution in [0.4, 0.5) is 11.5 Å². The van der Waals surface area contributed by atoms with Crippen LogP contribution in [-0.2, 0) is 4.74 Å². The van der Waals surface area contributed by atoms with Gasteiger partial charge in [0.1, 0.15) is 6.20 Å². The third-order valence-electron chi connectivity index (χ3n) is 3.13. The molecule has 1 aromatic heterocycles. The molecule has 1 heterocycles. The summed E-state index contributed by atoms with van der Waals surface area (Å²) in [6, 6.07) is 0. The van der Waals surface area contributed by atoms with Crippen molar-refractivity contribution in [2.75, 3.05) is 18.5 Å². The van der Waals surface area contributed by atoms with Gasteiger partial charge in [0.15, 0.2) is 5.69 Å². The van der Waals surface area contributed by atoms with Gasteiger partial charge in [0.25, 0.3) is 0 Å². The largest absolute Gasteiger partial charge is 0.376 e. The van der Waals surface area contributed by atoms with E-state index in [0.29, 0.717) is 24.9 Å². The van der Waals surface area contributed by atoms with Crippen molar-refractivity contribution in [1.82, 2.24) is 10.2 Å². The lowest BCUT2D eigenvalue weighted by Gasteiger charge is -2.21. The number of nitrogens with one attached hydrogen (secondary N) is 2. The molecule has 1 aromatic rings. The Labute approximate surface area is 105 Å². The Morgan fingerprint density at radius 2 is 2.28 bits per heavy atom. The first-order chi connectivity index (χ1) is 8.77. The van der Waals surface area contributed by atoms with Crippen molar-refractivity contribution in [1.29, 1.82) is 0 Å². The number of nitro groups is 1. The molecule has 0 unspecified atom stereocenters. The number of H-pyrrole nitrogens is 1. The standard InChI is InChI=1S/C11H18N4O3/c16-15(17)11-10(8-13-14-11)12-6-7-18-9-4-2-1-3-5-9/h8-9,12H,1-7H2,(H,13,14). The zero-order valence-corrected chi connectivity index (χ0v) is 10.2. The topological polar surface area (TPSA) is 93.1 Å². The van der Waals surface area contributed by atoms with Gasteiger partial charge in [-0.05, 0) is 17.8 Å². The van der Waals surface area contributed by atoms with Gasteiger partial charge < -0.3 is 20.2 Å². The molecule has 0 aliphatic heterocycles. The summed E-state index contributed by atoms with van der Waals surface area (Å²) in [5, 5.41) is 19.6. The first-order valence-corrected chi connectivity index (χ1v) is 6.30. The van der Waals surface area contributed by atoms with E-state index in [2.05, 4.69) is 15.5 Å². The lowest BCUT2D eigenvalue weighted by Crippen LogP contribution is -2.20. The summed E-state index contributed by atoms with van der Waals surface area (Å²) in [5.41, 5.74) is 0.409. The van der Waals surface area contributed by atoms with E-state index in [4.69, 9.17) is 4.74 Å². The fourth-order valence-electron chi connectivity index (χ4n) is 2.19. The Hall–Kier alpha value is -1.63. The monoisotopic (exact) mass is 254 g/mol. The molecule has 2 N–H and O–H groups in total. The summed E-state index contributed by atoms with van der Waals surface area (Å²) in [5.74, 6) is -0.104. The highest BCUT2D eigenvalue weighted by molar-refractivity contribution is 5.55. The Morgan fingerprint density at radius 3 is 3.00 bits per heavy atom. The average molecular weight is 254 g/mol. The second-order valence-corrected chi connectivity index (χ2v) is 4.45. The van der Waals surface area contributed by atoms with Crippen molar-refractivity contribution in [3.8, 4) is 0 Å². The van der Waals surface area contributed by atoms with Crippen molar-refractivity contribution in [3.63, 3.8) is 0 Å². The van der Waals surface area contributed by atoms with E-state index >= 15 is 0 Å². The summed E-state index contributed by atoms with van der Waals surface area (Å²) in [7, 11) is 0. The number of aromatic amines is 1. The maximum absolute atomic E-state index is 10.6. The van der Waals surface area contributed by atoms with Gasteiger partial charge in [-0.15, -0.1) is 5.10 Å². The first-order valence-electron chi connectivity index (χ1n) is 6.30. The minimum Gasteiger partial charge on any atom is -0.376 e. The van der Waals surface area contributed by atoms with Crippen LogP contribution in [0, 0.1) is 10.1 Å². The van der Waals surface area contributed by atoms with Gasteiger partial charge in [0.2, 0.25) is 0 Å². The van der Waals surface area contributed by atoms with Gasteiger partial charge in [0.05, 0.1) is 12.7 Å². The third-order valence-corrected chi connectivity index (χ3v) is 3.13. The molecular formula is C11H18N4O3. The maximum atomic E-state index is 10.6. The highest BCUT2D eigenvalue weighted by atomic mass is 16.6. The molecule has 1 fully saturated rings. The van der Waals surface area contributed by atoms with E-state index in [9.17, 15) is 10.1 Å². The van der Waals surface area contributed by atoms with Crippen molar-refractivity contribution in [2.24, 2.45) is 0 Å². The highest BCUT2D eigenvalue weighted by Crippen LogP contribution is 2.21. The highest BCUT2D eigenvalue weighted by Gasteiger charge is 2.15. The SMILES string of the molecule is O=[N+]([O-])c1[nH]ncc1NCCOC1CCCCC1. The van der Waals surface area contributed by atoms with Crippen LogP contribution in [0.25, 0.3) is 0 Å². The summed E-state index contributed by atoms with van der Waals surface area (Å²) >= 11 is 0. The average Bonchev–Trinajstić information content (AvgIpc) is 2.84. The molecule has 7 heteroatoms. The molecule has 0 bridgehead atoms. The van der Waals surface area contributed by atoms with Crippen molar-refractivity contribution < 1.29 is 9.66 Å². The lowest BCUT2D eigenvalue weighted by atomic mass is 9.98. The fraction of sp³-hybridized carbons (Fsp3) is 0.727. The predicted molar refractivity (Wildman–Crippen MR) is 66.6 cm³/mol. The maximum Gasteiger partial charge on any atom is 0.366 e. The summed E-state index contributed by atoms with van der Waals surface area (Å²) in [6.07, 6.45) is 7.83. The van der Waals surface area contributed by atoms with Crippen LogP contribution in [0.15, 0.2) is 6.20 Å². The van der Waals surface area contributed by atoms with E-state index in [0.717, 1.165) is 12.8 Å². The van der Waals surface area contributed by atoms with E-state index in [1.54, 1.807) is 0 Å². The normalized spacial score (nSPS) is 16.7. The smallest absolute Gasteiger partial charge is 0.366 e. The fourth-order valence-corrected chi connectivity index (χ4v) is 2.19. The first kappa shape index (κ1) is 12.8. The molecule has 7 nitrogen and oxygen atoms in total. The molecule has 0 saturated heterocycles. The Morgan fingerprint density at radius 1 is 1.50 bits per heavy atom. The molecular weight excluding hydrogens is 236 g/mol. The van der Waals surface area contributed by atoms with Crippen LogP contribution in [0.1, 0.15) is 32.1 Å². The third kappa shape index (κ3) is 3.43. The molecule has 0 atom stereocenters. The summed E-state index contributed by atoms with van der Waals surface area (Å²) in [4.78, 5) is 10.1. The number of rotatable bonds is 6. The zero-order valence-electron chi connectivity index (χ0n) is 10.2. The van der Waals surface area contributed by atoms with Gasteiger partial charge >= 0.3 is 5.82 Å². The summed E-state index contributed by atoms with van der Waals surface area (Å²) < 4.78 is 5.72. The van der Waals surface area contributed by atoms with E-state index in [-0.39, 0.29) is 5.82 Å². The van der Waals surface area contributed by atoms with Crippen LogP contribution >= 0.6 is 0 Å².